The number of nitrogens with zero attached hydrogens (tertiary/aromatic N) is 1. The fourth-order valence-corrected chi connectivity index (χ4v) is 1.45. The molecule has 2 rings (SSSR count). The van der Waals surface area contributed by atoms with Gasteiger partial charge in [-0.2, -0.15) is 0 Å². The molecule has 2 aromatic rings. The number of nitro groups is 1. The second kappa shape index (κ2) is 3.34. The van der Waals surface area contributed by atoms with Crippen LogP contribution in [-0.4, -0.2) is 10.0 Å². The maximum Gasteiger partial charge on any atom is 0.419 e. The van der Waals surface area contributed by atoms with Gasteiger partial charge in [0.15, 0.2) is 0 Å². The number of hydrogen-bond donors (Lipinski definition) is 1. The van der Waals surface area contributed by atoms with Crippen molar-refractivity contribution in [3.05, 3.63) is 44.3 Å². The fourth-order valence-electron chi connectivity index (χ4n) is 1.45. The molecule has 0 saturated heterocycles. The lowest BCUT2D eigenvalue weighted by atomic mass is 10.1. The van der Waals surface area contributed by atoms with E-state index in [0.29, 0.717) is 0 Å². The third kappa shape index (κ3) is 1.40. The van der Waals surface area contributed by atoms with Gasteiger partial charge in [0.1, 0.15) is 5.58 Å². The predicted octanol–water partition coefficient (Wildman–Crippen LogP) is 1.72. The second-order valence-electron chi connectivity index (χ2n) is 3.34. The van der Waals surface area contributed by atoms with Gasteiger partial charge in [-0.05, 0) is 19.1 Å². The van der Waals surface area contributed by atoms with Crippen LogP contribution in [0.25, 0.3) is 11.0 Å². The molecule has 0 aliphatic heterocycles. The predicted molar refractivity (Wildman–Crippen MR) is 55.5 cm³/mol. The summed E-state index contributed by atoms with van der Waals surface area (Å²) in [5.41, 5.74) is -1.17. The zero-order valence-corrected chi connectivity index (χ0v) is 8.26. The summed E-state index contributed by atoms with van der Waals surface area (Å²) in [4.78, 5) is 20.8. The first kappa shape index (κ1) is 10.2. The van der Waals surface area contributed by atoms with Crippen molar-refractivity contribution in [3.63, 3.8) is 0 Å². The molecule has 6 nitrogen and oxygen atoms in total. The first-order valence-electron chi connectivity index (χ1n) is 4.41. The molecule has 16 heavy (non-hydrogen) atoms. The molecule has 82 valence electrons. The molecule has 0 aliphatic rings. The average Bonchev–Trinajstić information content (AvgIpc) is 2.19. The number of hydrogen-bond acceptors (Lipinski definition) is 5. The van der Waals surface area contributed by atoms with Gasteiger partial charge < -0.3 is 9.52 Å². The van der Waals surface area contributed by atoms with Gasteiger partial charge in [-0.15, -0.1) is 0 Å². The molecular formula is C10H7NO5. The van der Waals surface area contributed by atoms with Crippen molar-refractivity contribution in [2.24, 2.45) is 0 Å². The quantitative estimate of drug-likeness (QED) is 0.449. The Balaban J connectivity index is 2.96. The smallest absolute Gasteiger partial charge is 0.419 e. The van der Waals surface area contributed by atoms with Gasteiger partial charge in [0.05, 0.1) is 10.3 Å². The van der Waals surface area contributed by atoms with Crippen molar-refractivity contribution in [2.45, 2.75) is 6.92 Å². The zero-order chi connectivity index (χ0) is 11.9. The summed E-state index contributed by atoms with van der Waals surface area (Å²) in [5, 5.41) is 20.3. The first-order chi connectivity index (χ1) is 7.50. The van der Waals surface area contributed by atoms with Crippen molar-refractivity contribution in [1.82, 2.24) is 0 Å². The SMILES string of the molecule is Cc1ccc2oc(=O)c([N+](=O)[O-])c(O)c2c1. The van der Waals surface area contributed by atoms with E-state index >= 15 is 0 Å². The van der Waals surface area contributed by atoms with Gasteiger partial charge in [-0.3, -0.25) is 10.1 Å². The lowest BCUT2D eigenvalue weighted by Gasteiger charge is -2.01. The van der Waals surface area contributed by atoms with Crippen molar-refractivity contribution < 1.29 is 14.4 Å². The maximum absolute atomic E-state index is 11.2. The summed E-state index contributed by atoms with van der Waals surface area (Å²) in [6, 6.07) is 4.67. The molecule has 0 spiro atoms. The van der Waals surface area contributed by atoms with Crippen LogP contribution in [0.3, 0.4) is 0 Å². The van der Waals surface area contributed by atoms with Gasteiger partial charge in [0, 0.05) is 0 Å². The Labute approximate surface area is 88.9 Å². The van der Waals surface area contributed by atoms with Crippen molar-refractivity contribution >= 4 is 16.7 Å². The highest BCUT2D eigenvalue weighted by molar-refractivity contribution is 5.86. The van der Waals surface area contributed by atoms with Crippen LogP contribution in [0.1, 0.15) is 5.56 Å². The molecule has 0 unspecified atom stereocenters. The van der Waals surface area contributed by atoms with E-state index in [-0.39, 0.29) is 11.0 Å². The molecule has 0 radical (unpaired) electrons. The van der Waals surface area contributed by atoms with Crippen LogP contribution in [0.4, 0.5) is 5.69 Å². The lowest BCUT2D eigenvalue weighted by molar-refractivity contribution is -0.388. The fraction of sp³-hybridized carbons (Fsp3) is 0.100. The molecule has 6 heteroatoms. The lowest BCUT2D eigenvalue weighted by Crippen LogP contribution is -2.06. The van der Waals surface area contributed by atoms with Gasteiger partial charge in [0.2, 0.25) is 5.75 Å². The maximum atomic E-state index is 11.2. The van der Waals surface area contributed by atoms with E-state index in [9.17, 15) is 20.0 Å². The van der Waals surface area contributed by atoms with Gasteiger partial charge >= 0.3 is 11.3 Å². The third-order valence-corrected chi connectivity index (χ3v) is 2.19. The first-order valence-corrected chi connectivity index (χ1v) is 4.41. The largest absolute Gasteiger partial charge is 0.501 e. The van der Waals surface area contributed by atoms with Crippen molar-refractivity contribution in [2.75, 3.05) is 0 Å². The van der Waals surface area contributed by atoms with Crippen LogP contribution < -0.4 is 5.63 Å². The third-order valence-electron chi connectivity index (χ3n) is 2.19. The number of fused-ring (bicyclic) bond motifs is 1. The number of aryl methyl sites for hydroxylation is 1. The monoisotopic (exact) mass is 221 g/mol. The molecule has 1 aromatic heterocycles. The Hall–Kier alpha value is -2.37. The molecule has 0 amide bonds. The van der Waals surface area contributed by atoms with E-state index in [1.165, 1.54) is 12.1 Å². The Bertz CT molecular complexity index is 643. The highest BCUT2D eigenvalue weighted by Crippen LogP contribution is 2.31. The molecular weight excluding hydrogens is 214 g/mol. The Morgan fingerprint density at radius 2 is 2.12 bits per heavy atom. The molecule has 0 fully saturated rings. The Morgan fingerprint density at radius 3 is 2.75 bits per heavy atom. The molecule has 0 saturated carbocycles. The van der Waals surface area contributed by atoms with Crippen LogP contribution >= 0.6 is 0 Å². The van der Waals surface area contributed by atoms with E-state index in [1.807, 2.05) is 0 Å². The second-order valence-corrected chi connectivity index (χ2v) is 3.34. The van der Waals surface area contributed by atoms with Crippen molar-refractivity contribution in [3.8, 4) is 5.75 Å². The highest BCUT2D eigenvalue weighted by Gasteiger charge is 2.24. The van der Waals surface area contributed by atoms with E-state index in [0.717, 1.165) is 5.56 Å². The van der Waals surface area contributed by atoms with Crippen LogP contribution in [0.2, 0.25) is 0 Å². The van der Waals surface area contributed by atoms with Gasteiger partial charge in [-0.25, -0.2) is 4.79 Å². The van der Waals surface area contributed by atoms with Crippen molar-refractivity contribution in [1.29, 1.82) is 0 Å². The summed E-state index contributed by atoms with van der Waals surface area (Å²) in [6.07, 6.45) is 0. The van der Waals surface area contributed by atoms with E-state index in [4.69, 9.17) is 4.42 Å². The van der Waals surface area contributed by atoms with E-state index in [1.54, 1.807) is 13.0 Å². The molecule has 0 aliphatic carbocycles. The number of rotatable bonds is 1. The normalized spacial score (nSPS) is 10.6. The average molecular weight is 221 g/mol. The topological polar surface area (TPSA) is 93.6 Å². The molecule has 1 N–H and O–H groups in total. The molecule has 1 aromatic carbocycles. The Morgan fingerprint density at radius 1 is 1.44 bits per heavy atom. The van der Waals surface area contributed by atoms with E-state index in [2.05, 4.69) is 0 Å². The minimum Gasteiger partial charge on any atom is -0.501 e. The minimum atomic E-state index is -1.15. The van der Waals surface area contributed by atoms with Crippen LogP contribution in [-0.2, 0) is 0 Å². The minimum absolute atomic E-state index is 0.124. The summed E-state index contributed by atoms with van der Waals surface area (Å²) >= 11 is 0. The Kier molecular flexibility index (Phi) is 2.12. The summed E-state index contributed by atoms with van der Waals surface area (Å²) in [5.74, 6) is -0.653. The summed E-state index contributed by atoms with van der Waals surface area (Å²) in [6.45, 7) is 1.76. The summed E-state index contributed by atoms with van der Waals surface area (Å²) < 4.78 is 4.73. The molecule has 0 bridgehead atoms. The molecule has 1 heterocycles. The summed E-state index contributed by atoms with van der Waals surface area (Å²) in [7, 11) is 0. The molecule has 0 atom stereocenters. The van der Waals surface area contributed by atoms with Crippen LogP contribution in [0.5, 0.6) is 5.75 Å². The van der Waals surface area contributed by atoms with E-state index < -0.39 is 22.0 Å². The van der Waals surface area contributed by atoms with Crippen LogP contribution in [0.15, 0.2) is 27.4 Å². The number of benzene rings is 1. The van der Waals surface area contributed by atoms with Crippen LogP contribution in [0, 0.1) is 17.0 Å². The van der Waals surface area contributed by atoms with Gasteiger partial charge in [-0.1, -0.05) is 11.6 Å². The number of aromatic hydroxyl groups is 1. The van der Waals surface area contributed by atoms with Gasteiger partial charge in [0.25, 0.3) is 0 Å². The standard InChI is InChI=1S/C10H7NO5/c1-5-2-3-7-6(4-5)9(12)8(11(14)15)10(13)16-7/h2-4,12H,1H3. The highest BCUT2D eigenvalue weighted by atomic mass is 16.6. The zero-order valence-electron chi connectivity index (χ0n) is 8.26.